The van der Waals surface area contributed by atoms with Gasteiger partial charge in [0.1, 0.15) is 5.75 Å². The summed E-state index contributed by atoms with van der Waals surface area (Å²) in [5.74, 6) is 1.04. The molecule has 7 nitrogen and oxygen atoms in total. The number of ether oxygens (including phenoxy) is 2. The van der Waals surface area contributed by atoms with Gasteiger partial charge in [0.25, 0.3) is 0 Å². The third kappa shape index (κ3) is 7.95. The summed E-state index contributed by atoms with van der Waals surface area (Å²) < 4.78 is 10.2. The van der Waals surface area contributed by atoms with E-state index in [2.05, 4.69) is 20.6 Å². The molecule has 1 atom stereocenters. The third-order valence-corrected chi connectivity index (χ3v) is 5.61. The minimum Gasteiger partial charge on any atom is -0.496 e. The molecule has 1 aliphatic heterocycles. The highest BCUT2D eigenvalue weighted by atomic mass is 16.5. The zero-order valence-corrected chi connectivity index (χ0v) is 18.9. The summed E-state index contributed by atoms with van der Waals surface area (Å²) in [4.78, 5) is 30.7. The molecule has 0 radical (unpaired) electrons. The van der Waals surface area contributed by atoms with E-state index in [9.17, 15) is 9.59 Å². The first-order valence-corrected chi connectivity index (χ1v) is 10.8. The normalized spacial score (nSPS) is 17.0. The largest absolute Gasteiger partial charge is 0.496 e. The second-order valence-electron chi connectivity index (χ2n) is 8.27. The number of piperidine rings is 1. The Balaban J connectivity index is 1.96. The molecule has 2 rings (SSSR count). The first-order valence-electron chi connectivity index (χ1n) is 10.8. The minimum atomic E-state index is -0.337. The zero-order valence-electron chi connectivity index (χ0n) is 18.9. The van der Waals surface area contributed by atoms with E-state index in [1.165, 1.54) is 12.7 Å². The molecule has 1 aromatic carbocycles. The number of carbonyl (C=O) groups excluding carboxylic acids is 2. The predicted octanol–water partition coefficient (Wildman–Crippen LogP) is 2.25. The maximum Gasteiger partial charge on any atom is 0.306 e. The molecule has 1 saturated heterocycles. The number of likely N-dealkylation sites (tertiary alicyclic amines) is 1. The number of carbonyl (C=O) groups is 2. The van der Waals surface area contributed by atoms with Gasteiger partial charge in [0.05, 0.1) is 20.6 Å². The Labute approximate surface area is 180 Å². The number of hydrogen-bond donors (Lipinski definition) is 0. The maximum absolute atomic E-state index is 12.8. The molecule has 30 heavy (non-hydrogen) atoms. The average Bonchev–Trinajstić information content (AvgIpc) is 2.75. The van der Waals surface area contributed by atoms with Crippen molar-refractivity contribution in [3.63, 3.8) is 0 Å². The fraction of sp³-hybridized carbons (Fsp3) is 0.652. The number of esters is 1. The lowest BCUT2D eigenvalue weighted by molar-refractivity contribution is -0.143. The zero-order chi connectivity index (χ0) is 21.9. The summed E-state index contributed by atoms with van der Waals surface area (Å²) in [5, 5.41) is 0. The van der Waals surface area contributed by atoms with E-state index in [0.717, 1.165) is 51.3 Å². The minimum absolute atomic E-state index is 0.0316. The van der Waals surface area contributed by atoms with Gasteiger partial charge in [-0.05, 0) is 45.5 Å². The van der Waals surface area contributed by atoms with Gasteiger partial charge in [-0.1, -0.05) is 18.2 Å². The standard InChI is InChI=1S/C23H37N3O4/c1-24(2)14-15-26(22(27)11-12-23(28)30-4)17-19-8-7-13-25(16-19)18-20-9-5-6-10-21(20)29-3/h5-6,9-10,19H,7-8,11-18H2,1-4H3/t19-/m1/s1. The molecule has 1 amide bonds. The van der Waals surface area contributed by atoms with E-state index in [1.54, 1.807) is 7.11 Å². The van der Waals surface area contributed by atoms with Crippen LogP contribution in [0, 0.1) is 5.92 Å². The molecule has 0 saturated carbocycles. The van der Waals surface area contributed by atoms with Crippen LogP contribution in [-0.4, -0.2) is 87.6 Å². The molecule has 1 aliphatic rings. The summed E-state index contributed by atoms with van der Waals surface area (Å²) in [7, 11) is 7.08. The fourth-order valence-corrected chi connectivity index (χ4v) is 3.94. The van der Waals surface area contributed by atoms with Gasteiger partial charge in [-0.15, -0.1) is 0 Å². The van der Waals surface area contributed by atoms with Crippen LogP contribution in [0.2, 0.25) is 0 Å². The van der Waals surface area contributed by atoms with Crippen molar-refractivity contribution in [2.75, 3.05) is 61.0 Å². The number of rotatable bonds is 11. The van der Waals surface area contributed by atoms with Crippen LogP contribution < -0.4 is 4.74 Å². The molecule has 1 fully saturated rings. The number of para-hydroxylation sites is 1. The molecule has 0 bridgehead atoms. The lowest BCUT2D eigenvalue weighted by Crippen LogP contribution is -2.44. The number of benzene rings is 1. The van der Waals surface area contributed by atoms with Crippen LogP contribution >= 0.6 is 0 Å². The molecule has 0 aliphatic carbocycles. The number of amides is 1. The van der Waals surface area contributed by atoms with Crippen LogP contribution in [0.5, 0.6) is 5.75 Å². The molecule has 0 N–H and O–H groups in total. The van der Waals surface area contributed by atoms with Crippen LogP contribution in [0.15, 0.2) is 24.3 Å². The van der Waals surface area contributed by atoms with Gasteiger partial charge >= 0.3 is 5.97 Å². The summed E-state index contributed by atoms with van der Waals surface area (Å²) in [6.07, 6.45) is 2.58. The molecule has 7 heteroatoms. The highest BCUT2D eigenvalue weighted by Crippen LogP contribution is 2.24. The van der Waals surface area contributed by atoms with E-state index in [4.69, 9.17) is 4.74 Å². The van der Waals surface area contributed by atoms with E-state index in [-0.39, 0.29) is 24.7 Å². The Kier molecular flexibility index (Phi) is 10.1. The lowest BCUT2D eigenvalue weighted by atomic mass is 9.96. The average molecular weight is 420 g/mol. The van der Waals surface area contributed by atoms with Crippen molar-refractivity contribution in [3.05, 3.63) is 29.8 Å². The van der Waals surface area contributed by atoms with Crippen molar-refractivity contribution in [2.24, 2.45) is 5.92 Å². The third-order valence-electron chi connectivity index (χ3n) is 5.61. The second kappa shape index (κ2) is 12.5. The van der Waals surface area contributed by atoms with E-state index in [0.29, 0.717) is 12.5 Å². The van der Waals surface area contributed by atoms with Crippen LogP contribution in [0.25, 0.3) is 0 Å². The molecule has 168 valence electrons. The molecular formula is C23H37N3O4. The molecule has 1 aromatic rings. The monoisotopic (exact) mass is 419 g/mol. The quantitative estimate of drug-likeness (QED) is 0.513. The predicted molar refractivity (Wildman–Crippen MR) is 117 cm³/mol. The van der Waals surface area contributed by atoms with Gasteiger partial charge in [0, 0.05) is 44.7 Å². The van der Waals surface area contributed by atoms with Crippen LogP contribution in [0.3, 0.4) is 0 Å². The Morgan fingerprint density at radius 1 is 1.13 bits per heavy atom. The Morgan fingerprint density at radius 3 is 2.60 bits per heavy atom. The van der Waals surface area contributed by atoms with E-state index >= 15 is 0 Å². The molecule has 0 aromatic heterocycles. The Hall–Kier alpha value is -2.12. The fourth-order valence-electron chi connectivity index (χ4n) is 3.94. The highest BCUT2D eigenvalue weighted by molar-refractivity contribution is 5.81. The van der Waals surface area contributed by atoms with Gasteiger partial charge < -0.3 is 19.3 Å². The molecular weight excluding hydrogens is 382 g/mol. The van der Waals surface area contributed by atoms with E-state index < -0.39 is 0 Å². The summed E-state index contributed by atoms with van der Waals surface area (Å²) in [6, 6.07) is 8.15. The molecule has 1 heterocycles. The first-order chi connectivity index (χ1) is 14.4. The van der Waals surface area contributed by atoms with Crippen LogP contribution in [-0.2, 0) is 20.9 Å². The SMILES string of the molecule is COC(=O)CCC(=O)N(CCN(C)C)C[C@@H]1CCCN(Cc2ccccc2OC)C1. The van der Waals surface area contributed by atoms with Crippen molar-refractivity contribution in [1.29, 1.82) is 0 Å². The van der Waals surface area contributed by atoms with E-state index in [1.807, 2.05) is 37.2 Å². The maximum atomic E-state index is 12.8. The Morgan fingerprint density at radius 2 is 1.90 bits per heavy atom. The number of hydrogen-bond acceptors (Lipinski definition) is 6. The summed E-state index contributed by atoms with van der Waals surface area (Å²) in [5.41, 5.74) is 1.19. The van der Waals surface area contributed by atoms with Crippen molar-refractivity contribution in [2.45, 2.75) is 32.2 Å². The van der Waals surface area contributed by atoms with Gasteiger partial charge in [-0.3, -0.25) is 14.5 Å². The first kappa shape index (κ1) is 24.2. The lowest BCUT2D eigenvalue weighted by Gasteiger charge is -2.36. The van der Waals surface area contributed by atoms with Gasteiger partial charge in [-0.25, -0.2) is 0 Å². The summed E-state index contributed by atoms with van der Waals surface area (Å²) in [6.45, 7) is 5.09. The van der Waals surface area contributed by atoms with Crippen molar-refractivity contribution >= 4 is 11.9 Å². The van der Waals surface area contributed by atoms with Crippen molar-refractivity contribution in [3.8, 4) is 5.75 Å². The smallest absolute Gasteiger partial charge is 0.306 e. The highest BCUT2D eigenvalue weighted by Gasteiger charge is 2.25. The van der Waals surface area contributed by atoms with Crippen LogP contribution in [0.1, 0.15) is 31.2 Å². The molecule has 0 unspecified atom stereocenters. The number of likely N-dealkylation sites (N-methyl/N-ethyl adjacent to an activating group) is 1. The Bertz CT molecular complexity index is 680. The molecule has 0 spiro atoms. The topological polar surface area (TPSA) is 62.3 Å². The number of methoxy groups -OCH3 is 2. The summed E-state index contributed by atoms with van der Waals surface area (Å²) >= 11 is 0. The van der Waals surface area contributed by atoms with Gasteiger partial charge in [0.15, 0.2) is 0 Å². The van der Waals surface area contributed by atoms with Gasteiger partial charge in [0.2, 0.25) is 5.91 Å². The number of nitrogens with zero attached hydrogens (tertiary/aromatic N) is 3. The van der Waals surface area contributed by atoms with Crippen molar-refractivity contribution in [1.82, 2.24) is 14.7 Å². The van der Waals surface area contributed by atoms with Gasteiger partial charge in [-0.2, -0.15) is 0 Å². The van der Waals surface area contributed by atoms with Crippen molar-refractivity contribution < 1.29 is 19.1 Å². The van der Waals surface area contributed by atoms with Crippen LogP contribution in [0.4, 0.5) is 0 Å². The second-order valence-corrected chi connectivity index (χ2v) is 8.27.